The maximum atomic E-state index is 10.6. The molecule has 0 amide bonds. The molecule has 10 heteroatoms. The zero-order valence-electron chi connectivity index (χ0n) is 7.73. The van der Waals surface area contributed by atoms with Crippen LogP contribution >= 0.6 is 7.82 Å². The van der Waals surface area contributed by atoms with Gasteiger partial charge in [-0.2, -0.15) is 5.48 Å². The predicted octanol–water partition coefficient (Wildman–Crippen LogP) is -1.59. The highest BCUT2D eigenvalue weighted by atomic mass is 31.2. The Bertz CT molecular complexity index is 251. The maximum absolute atomic E-state index is 10.6. The van der Waals surface area contributed by atoms with E-state index in [2.05, 4.69) is 9.36 Å². The first-order valence-corrected chi connectivity index (χ1v) is 5.26. The van der Waals surface area contributed by atoms with Crippen molar-refractivity contribution in [3.05, 3.63) is 0 Å². The molecule has 0 saturated carbocycles. The molecule has 15 heavy (non-hydrogen) atoms. The monoisotopic (exact) mass is 245 g/mol. The van der Waals surface area contributed by atoms with Crippen LogP contribution in [0.5, 0.6) is 0 Å². The van der Waals surface area contributed by atoms with E-state index in [1.807, 2.05) is 5.48 Å². The second-order valence-corrected chi connectivity index (χ2v) is 3.70. The second kappa shape index (κ2) is 6.13. The van der Waals surface area contributed by atoms with Crippen molar-refractivity contribution in [3.63, 3.8) is 0 Å². The molecule has 0 spiro atoms. The molecule has 0 bridgehead atoms. The third kappa shape index (κ3) is 6.52. The van der Waals surface area contributed by atoms with Crippen molar-refractivity contribution in [3.8, 4) is 0 Å². The van der Waals surface area contributed by atoms with Crippen LogP contribution in [-0.4, -0.2) is 44.9 Å². The van der Waals surface area contributed by atoms with Gasteiger partial charge in [0.15, 0.2) is 12.8 Å². The van der Waals surface area contributed by atoms with Crippen LogP contribution in [0.25, 0.3) is 0 Å². The average molecular weight is 245 g/mol. The van der Waals surface area contributed by atoms with Gasteiger partial charge in [-0.15, -0.1) is 0 Å². The fourth-order valence-corrected chi connectivity index (χ4v) is 1.31. The van der Waals surface area contributed by atoms with Crippen LogP contribution in [-0.2, 0) is 18.7 Å². The molecular weight excluding hydrogens is 233 g/mol. The fraction of sp³-hybridized carbons (Fsp3) is 0.800. The Morgan fingerprint density at radius 3 is 2.40 bits per heavy atom. The van der Waals surface area contributed by atoms with Gasteiger partial charge in [0.05, 0.1) is 6.10 Å². The first kappa shape index (κ1) is 14.5. The lowest BCUT2D eigenvalue weighted by molar-refractivity contribution is -0.152. The summed E-state index contributed by atoms with van der Waals surface area (Å²) in [5.41, 5.74) is 1.87. The van der Waals surface area contributed by atoms with E-state index in [1.165, 1.54) is 0 Å². The number of hydrogen-bond acceptors (Lipinski definition) is 6. The number of aliphatic hydroxyl groups excluding tert-OH is 1. The number of hydrogen-bond donors (Lipinski definition) is 5. The van der Waals surface area contributed by atoms with Crippen molar-refractivity contribution < 1.29 is 38.7 Å². The Morgan fingerprint density at radius 2 is 2.07 bits per heavy atom. The molecule has 0 saturated heterocycles. The van der Waals surface area contributed by atoms with Crippen LogP contribution in [0.1, 0.15) is 6.92 Å². The van der Waals surface area contributed by atoms with Gasteiger partial charge >= 0.3 is 13.8 Å². The quantitative estimate of drug-likeness (QED) is 0.203. The zero-order valence-corrected chi connectivity index (χ0v) is 8.63. The molecule has 2 atom stereocenters. The van der Waals surface area contributed by atoms with Crippen LogP contribution in [0.3, 0.4) is 0 Å². The molecule has 90 valence electrons. The van der Waals surface area contributed by atoms with Crippen molar-refractivity contribution in [2.24, 2.45) is 0 Å². The van der Waals surface area contributed by atoms with E-state index in [-0.39, 0.29) is 0 Å². The third-order valence-corrected chi connectivity index (χ3v) is 1.92. The van der Waals surface area contributed by atoms with Crippen molar-refractivity contribution in [2.45, 2.75) is 19.1 Å². The van der Waals surface area contributed by atoms with E-state index in [4.69, 9.17) is 20.0 Å². The van der Waals surface area contributed by atoms with Gasteiger partial charge in [-0.05, 0) is 6.92 Å². The molecule has 0 aliphatic rings. The van der Waals surface area contributed by atoms with Crippen molar-refractivity contribution >= 4 is 13.8 Å². The van der Waals surface area contributed by atoms with E-state index in [0.717, 1.165) is 6.92 Å². The first-order chi connectivity index (χ1) is 6.78. The number of phosphoric acid groups is 1. The minimum Gasteiger partial charge on any atom is -0.480 e. The number of rotatable bonds is 7. The van der Waals surface area contributed by atoms with Crippen molar-refractivity contribution in [1.82, 2.24) is 5.48 Å². The van der Waals surface area contributed by atoms with Crippen LogP contribution < -0.4 is 5.48 Å². The first-order valence-electron chi connectivity index (χ1n) is 3.73. The fourth-order valence-electron chi connectivity index (χ4n) is 0.752. The number of aliphatic carboxylic acids is 1. The van der Waals surface area contributed by atoms with Gasteiger partial charge in [0, 0.05) is 0 Å². The summed E-state index contributed by atoms with van der Waals surface area (Å²) in [6.45, 7) is 0.345. The van der Waals surface area contributed by atoms with Gasteiger partial charge in [0.1, 0.15) is 0 Å². The van der Waals surface area contributed by atoms with E-state index < -0.39 is 32.7 Å². The molecule has 0 aliphatic carbocycles. The number of carboxylic acids is 1. The van der Waals surface area contributed by atoms with Gasteiger partial charge in [-0.25, -0.2) is 4.57 Å². The Kier molecular flexibility index (Phi) is 5.91. The predicted molar refractivity (Wildman–Crippen MR) is 45.3 cm³/mol. The molecule has 0 unspecified atom stereocenters. The smallest absolute Gasteiger partial charge is 0.469 e. The van der Waals surface area contributed by atoms with Gasteiger partial charge in [0.2, 0.25) is 0 Å². The minimum atomic E-state index is -4.77. The molecule has 0 fully saturated rings. The normalized spacial score (nSPS) is 16.0. The molecule has 0 aromatic rings. The van der Waals surface area contributed by atoms with E-state index in [9.17, 15) is 9.36 Å². The number of nitrogens with one attached hydrogen (secondary N) is 1. The summed E-state index contributed by atoms with van der Waals surface area (Å²) in [4.78, 5) is 31.6. The summed E-state index contributed by atoms with van der Waals surface area (Å²) in [6.07, 6.45) is -1.34. The Balaban J connectivity index is 4.35. The van der Waals surface area contributed by atoms with Crippen LogP contribution in [0.15, 0.2) is 0 Å². The molecule has 0 radical (unpaired) electrons. The molecule has 0 heterocycles. The molecule has 0 rings (SSSR count). The van der Waals surface area contributed by atoms with Crippen LogP contribution in [0.2, 0.25) is 0 Å². The van der Waals surface area contributed by atoms with Crippen LogP contribution in [0.4, 0.5) is 0 Å². The standard InChI is InChI=1S/C5H12NO8P/c1-3(14-15(10,11)12)4(5(8)9)6-13-2-7/h3-4,6-7H,2H2,1H3,(H,8,9)(H2,10,11,12)/t3-,4+/m1/s1. The Hall–Kier alpha value is -0.540. The number of phosphoric ester groups is 1. The molecule has 0 aromatic carbocycles. The van der Waals surface area contributed by atoms with E-state index >= 15 is 0 Å². The van der Waals surface area contributed by atoms with Gasteiger partial charge < -0.3 is 20.0 Å². The highest BCUT2D eigenvalue weighted by Gasteiger charge is 2.31. The third-order valence-electron chi connectivity index (χ3n) is 1.31. The number of carboxylic acid groups (broad SMARTS) is 1. The van der Waals surface area contributed by atoms with Gasteiger partial charge in [-0.3, -0.25) is 14.2 Å². The highest BCUT2D eigenvalue weighted by Crippen LogP contribution is 2.38. The minimum absolute atomic E-state index is 0.785. The summed E-state index contributed by atoms with van der Waals surface area (Å²) in [7, 11) is -4.77. The van der Waals surface area contributed by atoms with E-state index in [1.54, 1.807) is 0 Å². The summed E-state index contributed by atoms with van der Waals surface area (Å²) in [5.74, 6) is -1.44. The second-order valence-electron chi connectivity index (χ2n) is 2.51. The largest absolute Gasteiger partial charge is 0.480 e. The molecular formula is C5H12NO8P. The molecule has 5 N–H and O–H groups in total. The summed E-state index contributed by atoms with van der Waals surface area (Å²) in [6, 6.07) is -1.51. The zero-order chi connectivity index (χ0) is 12.1. The highest BCUT2D eigenvalue weighted by molar-refractivity contribution is 7.46. The lowest BCUT2D eigenvalue weighted by Crippen LogP contribution is -2.45. The number of aliphatic hydroxyl groups is 1. The SMILES string of the molecule is C[C@@H](OP(=O)(O)O)[C@H](NOCO)C(=O)O. The number of carbonyl (C=O) groups is 1. The van der Waals surface area contributed by atoms with Crippen molar-refractivity contribution in [1.29, 1.82) is 0 Å². The van der Waals surface area contributed by atoms with Gasteiger partial charge in [0.25, 0.3) is 0 Å². The van der Waals surface area contributed by atoms with Crippen molar-refractivity contribution in [2.75, 3.05) is 6.79 Å². The summed E-state index contributed by atoms with van der Waals surface area (Å²) >= 11 is 0. The Labute approximate surface area is 84.8 Å². The average Bonchev–Trinajstić information content (AvgIpc) is 2.00. The van der Waals surface area contributed by atoms with E-state index in [0.29, 0.717) is 0 Å². The number of hydroxylamine groups is 1. The lowest BCUT2D eigenvalue weighted by atomic mass is 10.2. The maximum Gasteiger partial charge on any atom is 0.469 e. The molecule has 9 nitrogen and oxygen atoms in total. The van der Waals surface area contributed by atoms with Gasteiger partial charge in [-0.1, -0.05) is 0 Å². The molecule has 0 aromatic heterocycles. The molecule has 0 aliphatic heterocycles. The lowest BCUT2D eigenvalue weighted by Gasteiger charge is -2.20. The Morgan fingerprint density at radius 1 is 1.53 bits per heavy atom. The topological polar surface area (TPSA) is 146 Å². The summed E-state index contributed by atoms with van der Waals surface area (Å²) in [5, 5.41) is 16.8. The summed E-state index contributed by atoms with van der Waals surface area (Å²) < 4.78 is 14.5. The van der Waals surface area contributed by atoms with Crippen LogP contribution in [0, 0.1) is 0 Å².